The standard InChI is InChI=1S/C2H4O2.2Na.H2O3S/c1-2(3)4;;;1-4(2)3/h1H3,(H,3,4);;;(H2,1,2,3)/q;2*+1;/p-2. The molecule has 0 aliphatic carbocycles. The van der Waals surface area contributed by atoms with Gasteiger partial charge in [-0.25, -0.2) is 4.21 Å². The van der Waals surface area contributed by atoms with Crippen molar-refractivity contribution in [2.75, 3.05) is 0 Å². The predicted molar refractivity (Wildman–Crippen MR) is 22.2 cm³/mol. The number of rotatable bonds is 0. The summed E-state index contributed by atoms with van der Waals surface area (Å²) in [6, 6.07) is 0. The van der Waals surface area contributed by atoms with Gasteiger partial charge in [-0.15, -0.1) is 0 Å². The second kappa shape index (κ2) is 16.9. The molecule has 0 spiro atoms. The second-order valence-corrected chi connectivity index (χ2v) is 1.14. The van der Waals surface area contributed by atoms with Crippen LogP contribution in [0.25, 0.3) is 0 Å². The van der Waals surface area contributed by atoms with Crippen molar-refractivity contribution in [1.29, 1.82) is 0 Å². The van der Waals surface area contributed by atoms with Crippen LogP contribution in [0, 0.1) is 0 Å². The zero-order valence-corrected chi connectivity index (χ0v) is 10.8. The quantitative estimate of drug-likeness (QED) is 0.299. The average molecular weight is 186 g/mol. The first-order valence-corrected chi connectivity index (χ1v) is 2.46. The summed E-state index contributed by atoms with van der Waals surface area (Å²) >= 11 is -2.86. The molecule has 0 amide bonds. The maximum absolute atomic E-state index is 8.89. The summed E-state index contributed by atoms with van der Waals surface area (Å²) in [5, 5.41) is 8.89. The summed E-state index contributed by atoms with van der Waals surface area (Å²) < 4.78 is 24.1. The number of carbonyl (C=O) groups excluding carboxylic acids is 1. The molecule has 0 rings (SSSR count). The van der Waals surface area contributed by atoms with Crippen LogP contribution in [0.5, 0.6) is 0 Å². The molecule has 5 nitrogen and oxygen atoms in total. The Morgan fingerprint density at radius 1 is 1.50 bits per heavy atom. The van der Waals surface area contributed by atoms with Crippen molar-refractivity contribution in [3.8, 4) is 0 Å². The van der Waals surface area contributed by atoms with Crippen LogP contribution in [0.4, 0.5) is 0 Å². The van der Waals surface area contributed by atoms with Gasteiger partial charge in [0.25, 0.3) is 0 Å². The number of hydrogen-bond donors (Lipinski definition) is 1. The normalized spacial score (nSPS) is 8.70. The Balaban J connectivity index is -0.0000000300. The average Bonchev–Trinajstić information content (AvgIpc) is 1.25. The van der Waals surface area contributed by atoms with Crippen LogP contribution in [-0.2, 0) is 16.2 Å². The Hall–Kier alpha value is 1.54. The Kier molecular flexibility index (Phi) is 38.0. The molecule has 10 heavy (non-hydrogen) atoms. The first-order valence-electron chi connectivity index (χ1n) is 1.42. The summed E-state index contributed by atoms with van der Waals surface area (Å²) in [5.74, 6) is -1.08. The van der Waals surface area contributed by atoms with Crippen LogP contribution in [0.2, 0.25) is 0 Å². The van der Waals surface area contributed by atoms with Crippen molar-refractivity contribution < 1.29 is 82.3 Å². The summed E-state index contributed by atoms with van der Waals surface area (Å²) in [5.41, 5.74) is 0. The smallest absolute Gasteiger partial charge is 0.750 e. The van der Waals surface area contributed by atoms with Crippen molar-refractivity contribution >= 4 is 17.3 Å². The molecule has 0 bridgehead atoms. The minimum Gasteiger partial charge on any atom is -0.750 e. The van der Waals surface area contributed by atoms with E-state index in [1.54, 1.807) is 0 Å². The second-order valence-electron chi connectivity index (χ2n) is 0.709. The Bertz CT molecular complexity index is 75.6. The number of carboxylic acid groups (broad SMARTS) is 1. The third-order valence-corrected chi connectivity index (χ3v) is 0. The van der Waals surface area contributed by atoms with E-state index in [9.17, 15) is 0 Å². The molecule has 0 heterocycles. The van der Waals surface area contributed by atoms with Crippen LogP contribution in [0.3, 0.4) is 0 Å². The van der Waals surface area contributed by atoms with Gasteiger partial charge in [0.1, 0.15) is 0 Å². The summed E-state index contributed by atoms with van der Waals surface area (Å²) in [4.78, 5) is 8.89. The maximum atomic E-state index is 8.89. The fourth-order valence-corrected chi connectivity index (χ4v) is 0. The molecular weight excluding hydrogens is 182 g/mol. The molecule has 0 radical (unpaired) electrons. The van der Waals surface area contributed by atoms with Gasteiger partial charge < -0.3 is 19.0 Å². The van der Waals surface area contributed by atoms with Crippen molar-refractivity contribution in [1.82, 2.24) is 0 Å². The zero-order chi connectivity index (χ0) is 7.15. The molecule has 8 heteroatoms. The molecular formula is C2H4Na2O5S. The molecule has 0 aliphatic heterocycles. The number of carbonyl (C=O) groups is 1. The first kappa shape index (κ1) is 22.5. The van der Waals surface area contributed by atoms with Gasteiger partial charge in [-0.05, 0) is 6.92 Å². The van der Waals surface area contributed by atoms with E-state index in [0.717, 1.165) is 6.92 Å². The van der Waals surface area contributed by atoms with Crippen LogP contribution in [-0.4, -0.2) is 19.3 Å². The molecule has 1 atom stereocenters. The molecule has 50 valence electrons. The fourth-order valence-electron chi connectivity index (χ4n) is 0. The largest absolute Gasteiger partial charge is 1.00 e. The van der Waals surface area contributed by atoms with E-state index in [4.69, 9.17) is 23.2 Å². The predicted octanol–water partition coefficient (Wildman–Crippen LogP) is -7.90. The molecule has 0 aromatic carbocycles. The van der Waals surface area contributed by atoms with Gasteiger partial charge in [-0.2, -0.15) is 0 Å². The van der Waals surface area contributed by atoms with Crippen molar-refractivity contribution in [2.24, 2.45) is 0 Å². The van der Waals surface area contributed by atoms with Gasteiger partial charge in [0.2, 0.25) is 0 Å². The molecule has 0 fully saturated rings. The monoisotopic (exact) mass is 186 g/mol. The minimum atomic E-state index is -2.86. The SMILES string of the molecule is CC(=O)[O-].O=S([O-])O.[Na+].[Na+]. The van der Waals surface area contributed by atoms with Gasteiger partial charge in [-0.3, -0.25) is 0 Å². The molecule has 0 aromatic rings. The molecule has 0 saturated heterocycles. The van der Waals surface area contributed by atoms with Crippen molar-refractivity contribution in [3.05, 3.63) is 0 Å². The van der Waals surface area contributed by atoms with E-state index in [1.807, 2.05) is 0 Å². The Morgan fingerprint density at radius 2 is 1.50 bits per heavy atom. The number of aliphatic carboxylic acids is 1. The van der Waals surface area contributed by atoms with Gasteiger partial charge in [0.05, 0.1) is 11.4 Å². The third kappa shape index (κ3) is 293. The summed E-state index contributed by atoms with van der Waals surface area (Å²) in [6.45, 7) is 0.972. The van der Waals surface area contributed by atoms with Crippen molar-refractivity contribution in [3.63, 3.8) is 0 Å². The van der Waals surface area contributed by atoms with E-state index in [-0.39, 0.29) is 59.1 Å². The number of hydrogen-bond acceptors (Lipinski definition) is 4. The molecule has 0 aliphatic rings. The van der Waals surface area contributed by atoms with Crippen LogP contribution in [0.15, 0.2) is 0 Å². The third-order valence-electron chi connectivity index (χ3n) is 0. The molecule has 1 N–H and O–H groups in total. The van der Waals surface area contributed by atoms with Gasteiger partial charge in [0, 0.05) is 5.97 Å². The maximum Gasteiger partial charge on any atom is 1.00 e. The van der Waals surface area contributed by atoms with Gasteiger partial charge >= 0.3 is 59.1 Å². The van der Waals surface area contributed by atoms with Gasteiger partial charge in [-0.1, -0.05) is 0 Å². The first-order chi connectivity index (χ1) is 3.46. The Morgan fingerprint density at radius 3 is 1.50 bits per heavy atom. The summed E-state index contributed by atoms with van der Waals surface area (Å²) in [6.07, 6.45) is 0. The van der Waals surface area contributed by atoms with Gasteiger partial charge in [0.15, 0.2) is 0 Å². The van der Waals surface area contributed by atoms with Crippen LogP contribution in [0.1, 0.15) is 6.92 Å². The van der Waals surface area contributed by atoms with E-state index in [1.165, 1.54) is 0 Å². The molecule has 0 saturated carbocycles. The number of carboxylic acids is 1. The van der Waals surface area contributed by atoms with E-state index in [2.05, 4.69) is 0 Å². The topological polar surface area (TPSA) is 100 Å². The van der Waals surface area contributed by atoms with Crippen LogP contribution < -0.4 is 64.2 Å². The Labute approximate surface area is 105 Å². The van der Waals surface area contributed by atoms with E-state index >= 15 is 0 Å². The molecule has 0 aromatic heterocycles. The van der Waals surface area contributed by atoms with Crippen LogP contribution >= 0.6 is 0 Å². The van der Waals surface area contributed by atoms with E-state index in [0.29, 0.717) is 0 Å². The van der Waals surface area contributed by atoms with E-state index < -0.39 is 17.3 Å². The molecule has 1 unspecified atom stereocenters. The van der Waals surface area contributed by atoms with Crippen molar-refractivity contribution in [2.45, 2.75) is 6.92 Å². The zero-order valence-electron chi connectivity index (χ0n) is 5.99. The minimum absolute atomic E-state index is 0. The fraction of sp³-hybridized carbons (Fsp3) is 0.500. The summed E-state index contributed by atoms with van der Waals surface area (Å²) in [7, 11) is 0.